The number of hydrogen-bond donors (Lipinski definition) is 2. The molecule has 0 saturated carbocycles. The number of rotatable bonds is 5. The van der Waals surface area contributed by atoms with Crippen LogP contribution in [-0.2, 0) is 4.79 Å². The summed E-state index contributed by atoms with van der Waals surface area (Å²) in [6, 6.07) is 5.58. The van der Waals surface area contributed by atoms with E-state index in [1.807, 2.05) is 18.2 Å². The molecule has 0 aliphatic rings. The van der Waals surface area contributed by atoms with Crippen LogP contribution in [0.4, 0.5) is 5.69 Å². The van der Waals surface area contributed by atoms with Crippen LogP contribution >= 0.6 is 15.9 Å². The van der Waals surface area contributed by atoms with Crippen molar-refractivity contribution in [1.29, 1.82) is 0 Å². The third kappa shape index (κ3) is 4.11. The standard InChI is InChI=1S/C12H14BrNO3/c1-8(12(15)16)5-6-14-9-3-4-11(17-2)10(13)7-9/h3-5,7,14H,6H2,1-2H3,(H,15,16)/b8-5-. The van der Waals surface area contributed by atoms with E-state index < -0.39 is 5.97 Å². The van der Waals surface area contributed by atoms with Crippen molar-refractivity contribution in [2.45, 2.75) is 6.92 Å². The largest absolute Gasteiger partial charge is 0.496 e. The highest BCUT2D eigenvalue weighted by Gasteiger charge is 2.01. The topological polar surface area (TPSA) is 58.6 Å². The molecule has 92 valence electrons. The lowest BCUT2D eigenvalue weighted by molar-refractivity contribution is -0.132. The van der Waals surface area contributed by atoms with Crippen LogP contribution in [0.2, 0.25) is 0 Å². The summed E-state index contributed by atoms with van der Waals surface area (Å²) in [4.78, 5) is 10.6. The average molecular weight is 300 g/mol. The molecule has 0 unspecified atom stereocenters. The lowest BCUT2D eigenvalue weighted by Gasteiger charge is -2.07. The van der Waals surface area contributed by atoms with E-state index in [1.54, 1.807) is 20.1 Å². The molecule has 0 fully saturated rings. The van der Waals surface area contributed by atoms with E-state index >= 15 is 0 Å². The van der Waals surface area contributed by atoms with E-state index in [1.165, 1.54) is 0 Å². The zero-order valence-electron chi connectivity index (χ0n) is 9.66. The lowest BCUT2D eigenvalue weighted by Crippen LogP contribution is -2.03. The van der Waals surface area contributed by atoms with Gasteiger partial charge in [-0.05, 0) is 41.1 Å². The molecule has 0 spiro atoms. The molecule has 0 bridgehead atoms. The monoisotopic (exact) mass is 299 g/mol. The van der Waals surface area contributed by atoms with E-state index in [9.17, 15) is 4.79 Å². The predicted molar refractivity (Wildman–Crippen MR) is 70.6 cm³/mol. The zero-order chi connectivity index (χ0) is 12.8. The fourth-order valence-corrected chi connectivity index (χ4v) is 1.73. The van der Waals surface area contributed by atoms with Gasteiger partial charge in [-0.15, -0.1) is 0 Å². The first-order chi connectivity index (χ1) is 8.04. The maximum absolute atomic E-state index is 10.6. The number of anilines is 1. The van der Waals surface area contributed by atoms with Crippen molar-refractivity contribution in [2.24, 2.45) is 0 Å². The zero-order valence-corrected chi connectivity index (χ0v) is 11.2. The van der Waals surface area contributed by atoms with Crippen molar-refractivity contribution in [3.63, 3.8) is 0 Å². The van der Waals surface area contributed by atoms with Crippen molar-refractivity contribution in [3.8, 4) is 5.75 Å². The third-order valence-electron chi connectivity index (χ3n) is 2.20. The molecule has 17 heavy (non-hydrogen) atoms. The molecule has 0 aliphatic heterocycles. The minimum atomic E-state index is -0.900. The van der Waals surface area contributed by atoms with Crippen LogP contribution in [0.3, 0.4) is 0 Å². The number of aliphatic carboxylic acids is 1. The second kappa shape index (κ2) is 6.30. The van der Waals surface area contributed by atoms with Crippen LogP contribution in [-0.4, -0.2) is 24.7 Å². The highest BCUT2D eigenvalue weighted by Crippen LogP contribution is 2.27. The summed E-state index contributed by atoms with van der Waals surface area (Å²) in [7, 11) is 1.60. The second-order valence-electron chi connectivity index (χ2n) is 3.42. The molecule has 0 atom stereocenters. The van der Waals surface area contributed by atoms with Crippen LogP contribution in [0.5, 0.6) is 5.75 Å². The Morgan fingerprint density at radius 1 is 1.59 bits per heavy atom. The summed E-state index contributed by atoms with van der Waals surface area (Å²) in [5.41, 5.74) is 1.22. The summed E-state index contributed by atoms with van der Waals surface area (Å²) >= 11 is 3.38. The van der Waals surface area contributed by atoms with E-state index in [0.29, 0.717) is 12.1 Å². The van der Waals surface area contributed by atoms with Gasteiger partial charge in [0.1, 0.15) is 5.75 Å². The van der Waals surface area contributed by atoms with Gasteiger partial charge in [0.05, 0.1) is 11.6 Å². The van der Waals surface area contributed by atoms with Crippen molar-refractivity contribution in [1.82, 2.24) is 0 Å². The molecule has 1 aromatic carbocycles. The highest BCUT2D eigenvalue weighted by molar-refractivity contribution is 9.10. The fourth-order valence-electron chi connectivity index (χ4n) is 1.19. The van der Waals surface area contributed by atoms with Crippen LogP contribution < -0.4 is 10.1 Å². The first-order valence-electron chi connectivity index (χ1n) is 5.02. The van der Waals surface area contributed by atoms with Gasteiger partial charge in [0.25, 0.3) is 0 Å². The molecule has 2 N–H and O–H groups in total. The molecule has 0 amide bonds. The summed E-state index contributed by atoms with van der Waals surface area (Å²) in [5, 5.41) is 11.8. The smallest absolute Gasteiger partial charge is 0.331 e. The lowest BCUT2D eigenvalue weighted by atomic mass is 10.2. The Hall–Kier alpha value is -1.49. The summed E-state index contributed by atoms with van der Waals surface area (Å²) in [6.07, 6.45) is 1.63. The van der Waals surface area contributed by atoms with E-state index in [0.717, 1.165) is 15.9 Å². The van der Waals surface area contributed by atoms with Crippen LogP contribution in [0.25, 0.3) is 0 Å². The minimum Gasteiger partial charge on any atom is -0.496 e. The highest BCUT2D eigenvalue weighted by atomic mass is 79.9. The van der Waals surface area contributed by atoms with E-state index in [4.69, 9.17) is 9.84 Å². The second-order valence-corrected chi connectivity index (χ2v) is 4.28. The van der Waals surface area contributed by atoms with Gasteiger partial charge in [-0.3, -0.25) is 0 Å². The first kappa shape index (κ1) is 13.6. The van der Waals surface area contributed by atoms with Crippen LogP contribution in [0.1, 0.15) is 6.92 Å². The van der Waals surface area contributed by atoms with Crippen LogP contribution in [0.15, 0.2) is 34.3 Å². The molecule has 1 aromatic rings. The molecule has 0 radical (unpaired) electrons. The number of methoxy groups -OCH3 is 1. The van der Waals surface area contributed by atoms with E-state index in [2.05, 4.69) is 21.2 Å². The summed E-state index contributed by atoms with van der Waals surface area (Å²) in [6.45, 7) is 2.03. The number of benzene rings is 1. The predicted octanol–water partition coefficient (Wildman–Crippen LogP) is 2.90. The third-order valence-corrected chi connectivity index (χ3v) is 2.82. The quantitative estimate of drug-likeness (QED) is 0.821. The molecule has 1 rings (SSSR count). The van der Waals surface area contributed by atoms with Crippen LogP contribution in [0, 0.1) is 0 Å². The number of ether oxygens (including phenoxy) is 1. The maximum atomic E-state index is 10.6. The maximum Gasteiger partial charge on any atom is 0.331 e. The average Bonchev–Trinajstić information content (AvgIpc) is 2.29. The Bertz CT molecular complexity index is 443. The SMILES string of the molecule is COc1ccc(NC/C=C(/C)C(=O)O)cc1Br. The number of carboxylic acids is 1. The van der Waals surface area contributed by atoms with Crippen molar-refractivity contribution in [3.05, 3.63) is 34.3 Å². The Kier molecular flexibility index (Phi) is 5.03. The summed E-state index contributed by atoms with van der Waals surface area (Å²) in [5.74, 6) is -0.143. The van der Waals surface area contributed by atoms with Crippen molar-refractivity contribution < 1.29 is 14.6 Å². The number of halogens is 1. The van der Waals surface area contributed by atoms with Gasteiger partial charge in [-0.1, -0.05) is 6.08 Å². The van der Waals surface area contributed by atoms with Crippen molar-refractivity contribution in [2.75, 3.05) is 19.0 Å². The Balaban J connectivity index is 2.62. The Morgan fingerprint density at radius 2 is 2.29 bits per heavy atom. The molecular formula is C12H14BrNO3. The fraction of sp³-hybridized carbons (Fsp3) is 0.250. The minimum absolute atomic E-state index is 0.324. The molecule has 5 heteroatoms. The molecule has 0 aromatic heterocycles. The Labute approximate surface area is 108 Å². The normalized spacial score (nSPS) is 11.1. The Morgan fingerprint density at radius 3 is 2.82 bits per heavy atom. The van der Waals surface area contributed by atoms with Gasteiger partial charge in [0, 0.05) is 17.8 Å². The van der Waals surface area contributed by atoms with Gasteiger partial charge in [-0.25, -0.2) is 4.79 Å². The number of nitrogens with one attached hydrogen (secondary N) is 1. The molecule has 0 heterocycles. The summed E-state index contributed by atoms with van der Waals surface area (Å²) < 4.78 is 5.96. The molecule has 0 saturated heterocycles. The number of hydrogen-bond acceptors (Lipinski definition) is 3. The van der Waals surface area contributed by atoms with Gasteiger partial charge < -0.3 is 15.2 Å². The number of carbonyl (C=O) groups is 1. The van der Waals surface area contributed by atoms with Gasteiger partial charge in [-0.2, -0.15) is 0 Å². The van der Waals surface area contributed by atoms with Gasteiger partial charge in [0.2, 0.25) is 0 Å². The molecule has 4 nitrogen and oxygen atoms in total. The van der Waals surface area contributed by atoms with Gasteiger partial charge in [0.15, 0.2) is 0 Å². The number of carboxylic acid groups (broad SMARTS) is 1. The first-order valence-corrected chi connectivity index (χ1v) is 5.81. The van der Waals surface area contributed by atoms with Crippen molar-refractivity contribution >= 4 is 27.6 Å². The molecule has 0 aliphatic carbocycles. The molecular weight excluding hydrogens is 286 g/mol. The van der Waals surface area contributed by atoms with E-state index in [-0.39, 0.29) is 0 Å². The van der Waals surface area contributed by atoms with Gasteiger partial charge >= 0.3 is 5.97 Å².